The highest BCUT2D eigenvalue weighted by Gasteiger charge is 2.61. The van der Waals surface area contributed by atoms with E-state index in [1.807, 2.05) is 24.3 Å². The van der Waals surface area contributed by atoms with Crippen LogP contribution in [0, 0.1) is 11.8 Å². The number of amides is 2. The first-order valence-corrected chi connectivity index (χ1v) is 10.4. The van der Waals surface area contributed by atoms with Gasteiger partial charge in [-0.25, -0.2) is 9.69 Å². The van der Waals surface area contributed by atoms with Crippen LogP contribution in [-0.2, 0) is 14.3 Å². The maximum atomic E-state index is 13.6. The molecule has 5 heteroatoms. The minimum absolute atomic E-state index is 0.127. The van der Waals surface area contributed by atoms with E-state index >= 15 is 0 Å². The third kappa shape index (κ3) is 2.29. The zero-order valence-electron chi connectivity index (χ0n) is 16.8. The Bertz CT molecular complexity index is 1150. The molecular formula is C26H19NO4. The molecular weight excluding hydrogens is 390 g/mol. The number of ether oxygens (including phenoxy) is 1. The van der Waals surface area contributed by atoms with E-state index in [0.717, 1.165) is 22.3 Å². The summed E-state index contributed by atoms with van der Waals surface area (Å²) in [6, 6.07) is 22.8. The number of carbonyl (C=O) groups is 3. The average molecular weight is 409 g/mol. The van der Waals surface area contributed by atoms with Crippen LogP contribution in [0.1, 0.15) is 44.4 Å². The Labute approximate surface area is 179 Å². The zero-order valence-corrected chi connectivity index (χ0v) is 16.8. The van der Waals surface area contributed by atoms with Crippen LogP contribution in [0.15, 0.2) is 72.8 Å². The fourth-order valence-electron chi connectivity index (χ4n) is 5.80. The molecule has 1 fully saturated rings. The van der Waals surface area contributed by atoms with E-state index in [-0.39, 0.29) is 23.7 Å². The lowest BCUT2D eigenvalue weighted by Crippen LogP contribution is -2.41. The number of imide groups is 1. The van der Waals surface area contributed by atoms with Crippen LogP contribution in [0.3, 0.4) is 0 Å². The number of esters is 1. The second-order valence-corrected chi connectivity index (χ2v) is 8.32. The van der Waals surface area contributed by atoms with Crippen molar-refractivity contribution in [2.24, 2.45) is 11.8 Å². The van der Waals surface area contributed by atoms with Gasteiger partial charge in [0, 0.05) is 11.8 Å². The van der Waals surface area contributed by atoms with Gasteiger partial charge in [0.2, 0.25) is 11.8 Å². The summed E-state index contributed by atoms with van der Waals surface area (Å²) in [6.07, 6.45) is 0. The molecule has 152 valence electrons. The minimum Gasteiger partial charge on any atom is -0.465 e. The fourth-order valence-corrected chi connectivity index (χ4v) is 5.80. The second-order valence-electron chi connectivity index (χ2n) is 8.32. The minimum atomic E-state index is -0.455. The van der Waals surface area contributed by atoms with Crippen molar-refractivity contribution in [3.63, 3.8) is 0 Å². The van der Waals surface area contributed by atoms with Gasteiger partial charge in [0.1, 0.15) is 0 Å². The van der Waals surface area contributed by atoms with E-state index in [1.54, 1.807) is 24.3 Å². The highest BCUT2D eigenvalue weighted by Crippen LogP contribution is 2.61. The zero-order chi connectivity index (χ0) is 21.3. The van der Waals surface area contributed by atoms with Gasteiger partial charge < -0.3 is 4.74 Å². The number of benzene rings is 3. The van der Waals surface area contributed by atoms with Gasteiger partial charge in [-0.2, -0.15) is 0 Å². The molecule has 31 heavy (non-hydrogen) atoms. The third-order valence-electron chi connectivity index (χ3n) is 7.00. The van der Waals surface area contributed by atoms with Crippen molar-refractivity contribution in [3.8, 4) is 0 Å². The first kappa shape index (κ1) is 18.1. The van der Waals surface area contributed by atoms with E-state index < -0.39 is 17.8 Å². The smallest absolute Gasteiger partial charge is 0.337 e. The van der Waals surface area contributed by atoms with Gasteiger partial charge in [-0.15, -0.1) is 0 Å². The molecule has 2 amide bonds. The number of anilines is 1. The first-order valence-electron chi connectivity index (χ1n) is 10.4. The average Bonchev–Trinajstić information content (AvgIpc) is 3.09. The third-order valence-corrected chi connectivity index (χ3v) is 7.00. The molecule has 5 nitrogen and oxygen atoms in total. The van der Waals surface area contributed by atoms with E-state index in [2.05, 4.69) is 24.3 Å². The highest BCUT2D eigenvalue weighted by molar-refractivity contribution is 6.23. The standard InChI is InChI=1S/C26H19NO4/c1-31-26(30)14-10-12-15(13-11-14)27-24(28)22-20-16-6-2-3-7-17(16)21(23(22)25(27)29)19-9-5-4-8-18(19)20/h2-13,20-23H,1H3/t20?,21?,22-,23+. The van der Waals surface area contributed by atoms with Crippen LogP contribution in [0.4, 0.5) is 5.69 Å². The molecule has 7 rings (SSSR count). The molecule has 2 bridgehead atoms. The predicted molar refractivity (Wildman–Crippen MR) is 114 cm³/mol. The Morgan fingerprint density at radius 3 is 1.52 bits per heavy atom. The molecule has 0 N–H and O–H groups in total. The first-order chi connectivity index (χ1) is 15.1. The summed E-state index contributed by atoms with van der Waals surface area (Å²) in [5.41, 5.74) is 5.47. The van der Waals surface area contributed by atoms with Crippen molar-refractivity contribution in [1.82, 2.24) is 0 Å². The van der Waals surface area contributed by atoms with E-state index in [1.165, 1.54) is 12.0 Å². The summed E-state index contributed by atoms with van der Waals surface area (Å²) in [5, 5.41) is 0. The van der Waals surface area contributed by atoms with Gasteiger partial charge in [0.15, 0.2) is 0 Å². The molecule has 0 radical (unpaired) electrons. The molecule has 3 aromatic rings. The summed E-state index contributed by atoms with van der Waals surface area (Å²) in [4.78, 5) is 40.4. The Hall–Kier alpha value is -3.73. The molecule has 0 spiro atoms. The largest absolute Gasteiger partial charge is 0.465 e. The van der Waals surface area contributed by atoms with Gasteiger partial charge >= 0.3 is 5.97 Å². The maximum absolute atomic E-state index is 13.6. The number of carbonyl (C=O) groups excluding carboxylic acids is 3. The maximum Gasteiger partial charge on any atom is 0.337 e. The molecule has 0 unspecified atom stereocenters. The monoisotopic (exact) mass is 409 g/mol. The number of rotatable bonds is 2. The number of methoxy groups -OCH3 is 1. The van der Waals surface area contributed by atoms with E-state index in [9.17, 15) is 14.4 Å². The van der Waals surface area contributed by atoms with Crippen LogP contribution >= 0.6 is 0 Å². The fraction of sp³-hybridized carbons (Fsp3) is 0.192. The summed E-state index contributed by atoms with van der Waals surface area (Å²) in [7, 11) is 1.32. The van der Waals surface area contributed by atoms with Crippen molar-refractivity contribution < 1.29 is 19.1 Å². The van der Waals surface area contributed by atoms with Crippen LogP contribution in [0.5, 0.6) is 0 Å². The SMILES string of the molecule is COC(=O)c1ccc(N2C(=O)[C@@H]3C4c5ccccc5C(c5ccccc54)[C@@H]3C2=O)cc1. The van der Waals surface area contributed by atoms with Crippen molar-refractivity contribution in [2.45, 2.75) is 11.8 Å². The molecule has 3 aliphatic carbocycles. The number of hydrogen-bond donors (Lipinski definition) is 0. The lowest BCUT2D eigenvalue weighted by Gasteiger charge is -2.45. The lowest BCUT2D eigenvalue weighted by molar-refractivity contribution is -0.122. The summed E-state index contributed by atoms with van der Waals surface area (Å²) >= 11 is 0. The van der Waals surface area contributed by atoms with Crippen LogP contribution in [-0.4, -0.2) is 24.9 Å². The Morgan fingerprint density at radius 1 is 0.710 bits per heavy atom. The predicted octanol–water partition coefficient (Wildman–Crippen LogP) is 3.87. The summed E-state index contributed by atoms with van der Waals surface area (Å²) in [6.45, 7) is 0. The topological polar surface area (TPSA) is 63.7 Å². The number of nitrogens with zero attached hydrogens (tertiary/aromatic N) is 1. The van der Waals surface area contributed by atoms with Crippen LogP contribution < -0.4 is 4.90 Å². The molecule has 2 atom stereocenters. The van der Waals surface area contributed by atoms with Gasteiger partial charge in [0.25, 0.3) is 0 Å². The van der Waals surface area contributed by atoms with Crippen molar-refractivity contribution >= 4 is 23.5 Å². The molecule has 3 aromatic carbocycles. The Kier molecular flexibility index (Phi) is 3.72. The lowest BCUT2D eigenvalue weighted by atomic mass is 9.55. The van der Waals surface area contributed by atoms with Gasteiger partial charge in [-0.1, -0.05) is 48.5 Å². The summed E-state index contributed by atoms with van der Waals surface area (Å²) < 4.78 is 4.74. The molecule has 4 aliphatic rings. The molecule has 1 heterocycles. The van der Waals surface area contributed by atoms with E-state index in [4.69, 9.17) is 4.74 Å². The molecule has 1 saturated heterocycles. The second kappa shape index (κ2) is 6.38. The molecule has 0 aromatic heterocycles. The van der Waals surface area contributed by atoms with Crippen molar-refractivity contribution in [3.05, 3.63) is 101 Å². The van der Waals surface area contributed by atoms with Gasteiger partial charge in [-0.3, -0.25) is 9.59 Å². The van der Waals surface area contributed by atoms with E-state index in [0.29, 0.717) is 11.3 Å². The van der Waals surface area contributed by atoms with Gasteiger partial charge in [0.05, 0.1) is 30.2 Å². The van der Waals surface area contributed by atoms with Gasteiger partial charge in [-0.05, 0) is 46.5 Å². The van der Waals surface area contributed by atoms with Crippen molar-refractivity contribution in [1.29, 1.82) is 0 Å². The number of hydrogen-bond acceptors (Lipinski definition) is 4. The van der Waals surface area contributed by atoms with Crippen molar-refractivity contribution in [2.75, 3.05) is 12.0 Å². The Balaban J connectivity index is 1.48. The normalized spacial score (nSPS) is 25.1. The quantitative estimate of drug-likeness (QED) is 0.476. The van der Waals surface area contributed by atoms with Crippen LogP contribution in [0.25, 0.3) is 0 Å². The Morgan fingerprint density at radius 2 is 1.13 bits per heavy atom. The molecule has 0 saturated carbocycles. The molecule has 1 aliphatic heterocycles. The van der Waals surface area contributed by atoms with Crippen LogP contribution in [0.2, 0.25) is 0 Å². The highest BCUT2D eigenvalue weighted by atomic mass is 16.5. The summed E-state index contributed by atoms with van der Waals surface area (Å²) in [5.74, 6) is -1.87.